The van der Waals surface area contributed by atoms with E-state index >= 15 is 0 Å². The Balaban J connectivity index is 1.68. The second-order valence-electron chi connectivity index (χ2n) is 5.78. The molecule has 0 aromatic heterocycles. The fourth-order valence-corrected chi connectivity index (χ4v) is 3.06. The van der Waals surface area contributed by atoms with Crippen LogP contribution in [0, 0.1) is 11.6 Å². The van der Waals surface area contributed by atoms with Crippen LogP contribution in [0.25, 0.3) is 0 Å². The molecule has 2 fully saturated rings. The number of nitrogens with zero attached hydrogens (tertiary/aromatic N) is 1. The minimum atomic E-state index is -0.928. The maximum Gasteiger partial charge on any atom is 0.325 e. The van der Waals surface area contributed by atoms with E-state index in [0.717, 1.165) is 29.9 Å². The van der Waals surface area contributed by atoms with Crippen LogP contribution in [-0.4, -0.2) is 34.8 Å². The number of hydrogen-bond donors (Lipinski definition) is 2. The predicted molar refractivity (Wildman–Crippen MR) is 76.4 cm³/mol. The first kappa shape index (κ1) is 15.4. The number of anilines is 1. The number of rotatable bonds is 3. The molecule has 8 heteroatoms. The topological polar surface area (TPSA) is 78.5 Å². The van der Waals surface area contributed by atoms with Crippen molar-refractivity contribution in [1.82, 2.24) is 10.2 Å². The molecule has 6 nitrogen and oxygen atoms in total. The van der Waals surface area contributed by atoms with E-state index in [1.54, 1.807) is 0 Å². The van der Waals surface area contributed by atoms with Crippen LogP contribution in [0.4, 0.5) is 19.3 Å². The van der Waals surface area contributed by atoms with Gasteiger partial charge in [0, 0.05) is 6.07 Å². The standard InChI is InChI=1S/C15H15F2N3O3/c16-9-3-4-11(10(17)7-9)18-12(21)8-20-13(22)15(19-14(20)23)5-1-2-6-15/h3-4,7H,1-2,5-6,8H2,(H,18,21)(H,19,23). The average molecular weight is 323 g/mol. The molecular formula is C15H15F2N3O3. The van der Waals surface area contributed by atoms with Gasteiger partial charge in [-0.2, -0.15) is 0 Å². The lowest BCUT2D eigenvalue weighted by Crippen LogP contribution is -2.44. The Bertz CT molecular complexity index is 687. The molecule has 3 rings (SSSR count). The molecule has 4 amide bonds. The summed E-state index contributed by atoms with van der Waals surface area (Å²) in [6.07, 6.45) is 2.80. The zero-order chi connectivity index (χ0) is 16.6. The Kier molecular flexibility index (Phi) is 3.75. The summed E-state index contributed by atoms with van der Waals surface area (Å²) in [4.78, 5) is 37.1. The number of nitrogens with one attached hydrogen (secondary N) is 2. The van der Waals surface area contributed by atoms with E-state index in [0.29, 0.717) is 18.9 Å². The highest BCUT2D eigenvalue weighted by Crippen LogP contribution is 2.34. The molecule has 1 heterocycles. The second kappa shape index (κ2) is 5.60. The van der Waals surface area contributed by atoms with Crippen molar-refractivity contribution in [2.75, 3.05) is 11.9 Å². The molecule has 1 saturated heterocycles. The van der Waals surface area contributed by atoms with Gasteiger partial charge in [-0.3, -0.25) is 14.5 Å². The minimum Gasteiger partial charge on any atom is -0.323 e. The fourth-order valence-electron chi connectivity index (χ4n) is 3.06. The van der Waals surface area contributed by atoms with Crippen molar-refractivity contribution in [2.24, 2.45) is 0 Å². The van der Waals surface area contributed by atoms with Gasteiger partial charge in [-0.1, -0.05) is 12.8 Å². The third-order valence-corrected chi connectivity index (χ3v) is 4.21. The van der Waals surface area contributed by atoms with Gasteiger partial charge in [-0.15, -0.1) is 0 Å². The lowest BCUT2D eigenvalue weighted by molar-refractivity contribution is -0.133. The van der Waals surface area contributed by atoms with Crippen LogP contribution in [0.3, 0.4) is 0 Å². The summed E-state index contributed by atoms with van der Waals surface area (Å²) in [5, 5.41) is 4.88. The third-order valence-electron chi connectivity index (χ3n) is 4.21. The fraction of sp³-hybridized carbons (Fsp3) is 0.400. The molecule has 0 atom stereocenters. The first-order valence-electron chi connectivity index (χ1n) is 7.30. The molecule has 2 N–H and O–H groups in total. The summed E-state index contributed by atoms with van der Waals surface area (Å²) >= 11 is 0. The van der Waals surface area contributed by atoms with Gasteiger partial charge in [0.15, 0.2) is 0 Å². The lowest BCUT2D eigenvalue weighted by Gasteiger charge is -2.19. The summed E-state index contributed by atoms with van der Waals surface area (Å²) in [6, 6.07) is 2.09. The van der Waals surface area contributed by atoms with Crippen molar-refractivity contribution in [2.45, 2.75) is 31.2 Å². The van der Waals surface area contributed by atoms with Crippen LogP contribution < -0.4 is 10.6 Å². The minimum absolute atomic E-state index is 0.209. The van der Waals surface area contributed by atoms with E-state index in [1.165, 1.54) is 0 Å². The van der Waals surface area contributed by atoms with Gasteiger partial charge in [-0.25, -0.2) is 13.6 Å². The number of benzene rings is 1. The molecular weight excluding hydrogens is 308 g/mol. The van der Waals surface area contributed by atoms with Crippen molar-refractivity contribution in [3.05, 3.63) is 29.8 Å². The number of urea groups is 1. The predicted octanol–water partition coefficient (Wildman–Crippen LogP) is 1.77. The normalized spacial score (nSPS) is 19.3. The average Bonchev–Trinajstić information content (AvgIpc) is 3.04. The number of imide groups is 1. The molecule has 2 aliphatic rings. The maximum atomic E-state index is 13.5. The summed E-state index contributed by atoms with van der Waals surface area (Å²) in [5.41, 5.74) is -1.10. The van der Waals surface area contributed by atoms with Gasteiger partial charge >= 0.3 is 6.03 Å². The Morgan fingerprint density at radius 2 is 1.96 bits per heavy atom. The van der Waals surface area contributed by atoms with Gasteiger partial charge in [0.1, 0.15) is 23.7 Å². The SMILES string of the molecule is O=C(CN1C(=O)NC2(CCCC2)C1=O)Nc1ccc(F)cc1F. The van der Waals surface area contributed by atoms with Crippen LogP contribution in [0.2, 0.25) is 0 Å². The number of halogens is 2. The molecule has 1 aromatic rings. The zero-order valence-electron chi connectivity index (χ0n) is 12.2. The summed E-state index contributed by atoms with van der Waals surface area (Å²) in [5.74, 6) is -2.84. The molecule has 1 spiro atoms. The monoisotopic (exact) mass is 323 g/mol. The summed E-state index contributed by atoms with van der Waals surface area (Å²) < 4.78 is 26.3. The van der Waals surface area contributed by atoms with Gasteiger partial charge in [0.25, 0.3) is 5.91 Å². The number of carbonyl (C=O) groups is 3. The van der Waals surface area contributed by atoms with Crippen molar-refractivity contribution >= 4 is 23.5 Å². The van der Waals surface area contributed by atoms with Crippen LogP contribution >= 0.6 is 0 Å². The van der Waals surface area contributed by atoms with Crippen molar-refractivity contribution in [3.8, 4) is 0 Å². The van der Waals surface area contributed by atoms with Crippen LogP contribution in [-0.2, 0) is 9.59 Å². The maximum absolute atomic E-state index is 13.5. The van der Waals surface area contributed by atoms with Crippen LogP contribution in [0.5, 0.6) is 0 Å². The van der Waals surface area contributed by atoms with Gasteiger partial charge in [0.2, 0.25) is 5.91 Å². The first-order chi connectivity index (χ1) is 10.9. The Labute approximate surface area is 130 Å². The van der Waals surface area contributed by atoms with E-state index in [9.17, 15) is 23.2 Å². The molecule has 122 valence electrons. The molecule has 0 unspecified atom stereocenters. The Morgan fingerprint density at radius 1 is 1.26 bits per heavy atom. The van der Waals surface area contributed by atoms with E-state index < -0.39 is 41.6 Å². The smallest absolute Gasteiger partial charge is 0.323 e. The van der Waals surface area contributed by atoms with E-state index in [-0.39, 0.29) is 5.69 Å². The van der Waals surface area contributed by atoms with E-state index in [2.05, 4.69) is 10.6 Å². The first-order valence-corrected chi connectivity index (χ1v) is 7.30. The lowest BCUT2D eigenvalue weighted by atomic mass is 9.98. The third kappa shape index (κ3) is 2.76. The molecule has 1 aliphatic heterocycles. The van der Waals surface area contributed by atoms with E-state index in [1.807, 2.05) is 0 Å². The Morgan fingerprint density at radius 3 is 2.61 bits per heavy atom. The van der Waals surface area contributed by atoms with Crippen molar-refractivity contribution in [1.29, 1.82) is 0 Å². The van der Waals surface area contributed by atoms with Crippen molar-refractivity contribution < 1.29 is 23.2 Å². The highest BCUT2D eigenvalue weighted by atomic mass is 19.1. The number of hydrogen-bond acceptors (Lipinski definition) is 3. The Hall–Kier alpha value is -2.51. The quantitative estimate of drug-likeness (QED) is 0.832. The molecule has 1 aliphatic carbocycles. The zero-order valence-corrected chi connectivity index (χ0v) is 12.2. The van der Waals surface area contributed by atoms with E-state index in [4.69, 9.17) is 0 Å². The second-order valence-corrected chi connectivity index (χ2v) is 5.78. The summed E-state index contributed by atoms with van der Waals surface area (Å²) in [6.45, 7) is -0.511. The molecule has 0 bridgehead atoms. The van der Waals surface area contributed by atoms with Gasteiger partial charge in [0.05, 0.1) is 5.69 Å². The van der Waals surface area contributed by atoms with Crippen LogP contribution in [0.1, 0.15) is 25.7 Å². The van der Waals surface area contributed by atoms with Crippen molar-refractivity contribution in [3.63, 3.8) is 0 Å². The highest BCUT2D eigenvalue weighted by Gasteiger charge is 2.52. The largest absolute Gasteiger partial charge is 0.325 e. The van der Waals surface area contributed by atoms with Gasteiger partial charge in [-0.05, 0) is 25.0 Å². The molecule has 1 aromatic carbocycles. The van der Waals surface area contributed by atoms with Crippen LogP contribution in [0.15, 0.2) is 18.2 Å². The molecule has 0 radical (unpaired) electrons. The molecule has 23 heavy (non-hydrogen) atoms. The number of carbonyl (C=O) groups excluding carboxylic acids is 3. The number of amides is 4. The molecule has 1 saturated carbocycles. The summed E-state index contributed by atoms with van der Waals surface area (Å²) in [7, 11) is 0. The highest BCUT2D eigenvalue weighted by molar-refractivity contribution is 6.10. The van der Waals surface area contributed by atoms with Gasteiger partial charge < -0.3 is 10.6 Å².